The minimum absolute atomic E-state index is 0.189. The van der Waals surface area contributed by atoms with E-state index in [0.717, 1.165) is 16.7 Å². The number of piperidine rings is 1. The number of aryl methyl sites for hydroxylation is 1. The Morgan fingerprint density at radius 1 is 1.11 bits per heavy atom. The Kier molecular flexibility index (Phi) is 4.89. The second-order valence-corrected chi connectivity index (χ2v) is 7.55. The molecule has 2 heterocycles. The van der Waals surface area contributed by atoms with Gasteiger partial charge in [0, 0.05) is 12.8 Å². The van der Waals surface area contributed by atoms with Gasteiger partial charge in [-0.25, -0.2) is 4.79 Å². The number of carbonyl (C=O) groups is 1. The molecule has 2 bridgehead atoms. The van der Waals surface area contributed by atoms with E-state index in [1.807, 2.05) is 61.5 Å². The number of fused-ring (bicyclic) bond motifs is 2. The van der Waals surface area contributed by atoms with E-state index in [0.29, 0.717) is 26.1 Å². The molecule has 2 fully saturated rings. The molecule has 2 saturated heterocycles. The number of benzene rings is 2. The lowest BCUT2D eigenvalue weighted by Gasteiger charge is -2.51. The molecule has 0 aliphatic carbocycles. The Hall–Kier alpha value is -2.37. The van der Waals surface area contributed by atoms with Crippen LogP contribution in [0.2, 0.25) is 0 Å². The van der Waals surface area contributed by atoms with Crippen molar-refractivity contribution in [2.45, 2.75) is 44.1 Å². The molecular formula is C22H25NO4. The van der Waals surface area contributed by atoms with Gasteiger partial charge in [0.15, 0.2) is 0 Å². The normalized spacial score (nSPS) is 27.3. The van der Waals surface area contributed by atoms with Crippen LogP contribution in [-0.4, -0.2) is 41.4 Å². The molecule has 2 aromatic rings. The fourth-order valence-electron chi connectivity index (χ4n) is 4.38. The predicted molar refractivity (Wildman–Crippen MR) is 101 cm³/mol. The van der Waals surface area contributed by atoms with E-state index in [1.54, 1.807) is 4.90 Å². The van der Waals surface area contributed by atoms with Crippen LogP contribution in [0, 0.1) is 6.92 Å². The lowest BCUT2D eigenvalue weighted by atomic mass is 9.75. The largest absolute Gasteiger partial charge is 0.445 e. The number of carbonyl (C=O) groups excluding carboxylic acids is 1. The molecule has 4 rings (SSSR count). The highest BCUT2D eigenvalue weighted by molar-refractivity contribution is 5.69. The lowest BCUT2D eigenvalue weighted by Crippen LogP contribution is -2.62. The highest BCUT2D eigenvalue weighted by Crippen LogP contribution is 2.42. The van der Waals surface area contributed by atoms with Crippen LogP contribution < -0.4 is 0 Å². The van der Waals surface area contributed by atoms with Crippen LogP contribution in [0.1, 0.15) is 29.5 Å². The molecule has 2 aromatic carbocycles. The molecule has 0 saturated carbocycles. The van der Waals surface area contributed by atoms with Gasteiger partial charge in [-0.3, -0.25) is 4.90 Å². The van der Waals surface area contributed by atoms with Crippen LogP contribution in [0.25, 0.3) is 0 Å². The Balaban J connectivity index is 1.50. The number of nitrogens with zero attached hydrogens (tertiary/aromatic N) is 1. The third-order valence-electron chi connectivity index (χ3n) is 5.62. The summed E-state index contributed by atoms with van der Waals surface area (Å²) in [6.07, 6.45) is 0.577. The smallest absolute Gasteiger partial charge is 0.410 e. The molecular weight excluding hydrogens is 342 g/mol. The van der Waals surface area contributed by atoms with Crippen LogP contribution in [0.3, 0.4) is 0 Å². The second kappa shape index (κ2) is 7.33. The van der Waals surface area contributed by atoms with Gasteiger partial charge in [0.1, 0.15) is 6.61 Å². The van der Waals surface area contributed by atoms with Crippen molar-refractivity contribution < 1.29 is 19.4 Å². The summed E-state index contributed by atoms with van der Waals surface area (Å²) in [5.74, 6) is 0. The Labute approximate surface area is 159 Å². The summed E-state index contributed by atoms with van der Waals surface area (Å²) in [5.41, 5.74) is 2.03. The van der Waals surface area contributed by atoms with Gasteiger partial charge in [0.25, 0.3) is 0 Å². The first-order valence-electron chi connectivity index (χ1n) is 9.42. The molecule has 5 nitrogen and oxygen atoms in total. The first-order valence-corrected chi connectivity index (χ1v) is 9.42. The average Bonchev–Trinajstić information content (AvgIpc) is 2.66. The van der Waals surface area contributed by atoms with Gasteiger partial charge < -0.3 is 14.6 Å². The molecule has 1 amide bonds. The average molecular weight is 367 g/mol. The maximum absolute atomic E-state index is 12.8. The fourth-order valence-corrected chi connectivity index (χ4v) is 4.38. The van der Waals surface area contributed by atoms with Crippen LogP contribution >= 0.6 is 0 Å². The SMILES string of the molecule is Cc1ccccc1C1(O)CC2COCC(C1)N2C(=O)OCc1ccccc1. The predicted octanol–water partition coefficient (Wildman–Crippen LogP) is 3.38. The van der Waals surface area contributed by atoms with Gasteiger partial charge in [-0.2, -0.15) is 0 Å². The zero-order valence-electron chi connectivity index (χ0n) is 15.5. The van der Waals surface area contributed by atoms with Crippen molar-refractivity contribution in [1.29, 1.82) is 0 Å². The third kappa shape index (κ3) is 3.57. The van der Waals surface area contributed by atoms with Crippen molar-refractivity contribution in [1.82, 2.24) is 4.90 Å². The number of rotatable bonds is 3. The zero-order chi connectivity index (χ0) is 18.9. The highest BCUT2D eigenvalue weighted by atomic mass is 16.6. The van der Waals surface area contributed by atoms with Gasteiger partial charge in [-0.15, -0.1) is 0 Å². The van der Waals surface area contributed by atoms with E-state index in [2.05, 4.69) is 0 Å². The minimum atomic E-state index is -0.944. The van der Waals surface area contributed by atoms with Crippen molar-refractivity contribution in [2.75, 3.05) is 13.2 Å². The van der Waals surface area contributed by atoms with E-state index in [9.17, 15) is 9.90 Å². The first-order chi connectivity index (χ1) is 13.1. The Morgan fingerprint density at radius 2 is 1.74 bits per heavy atom. The molecule has 2 aliphatic rings. The molecule has 142 valence electrons. The molecule has 0 radical (unpaired) electrons. The van der Waals surface area contributed by atoms with E-state index < -0.39 is 5.60 Å². The van der Waals surface area contributed by atoms with Crippen molar-refractivity contribution in [3.8, 4) is 0 Å². The molecule has 2 atom stereocenters. The fraction of sp³-hybridized carbons (Fsp3) is 0.409. The van der Waals surface area contributed by atoms with Gasteiger partial charge >= 0.3 is 6.09 Å². The highest BCUT2D eigenvalue weighted by Gasteiger charge is 2.49. The zero-order valence-corrected chi connectivity index (χ0v) is 15.5. The maximum Gasteiger partial charge on any atom is 0.410 e. The van der Waals surface area contributed by atoms with Crippen molar-refractivity contribution in [2.24, 2.45) is 0 Å². The number of hydrogen-bond donors (Lipinski definition) is 1. The number of hydrogen-bond acceptors (Lipinski definition) is 4. The summed E-state index contributed by atoms with van der Waals surface area (Å²) in [7, 11) is 0. The molecule has 1 N–H and O–H groups in total. The first kappa shape index (κ1) is 18.0. The third-order valence-corrected chi connectivity index (χ3v) is 5.62. The molecule has 5 heteroatoms. The van der Waals surface area contributed by atoms with E-state index >= 15 is 0 Å². The van der Waals surface area contributed by atoms with Gasteiger partial charge in [-0.05, 0) is 23.6 Å². The van der Waals surface area contributed by atoms with Crippen LogP contribution in [0.5, 0.6) is 0 Å². The number of amides is 1. The standard InChI is InChI=1S/C22H25NO4/c1-16-7-5-6-10-20(16)22(25)11-18-14-26-15-19(12-22)23(18)21(24)27-13-17-8-3-2-4-9-17/h2-10,18-19,25H,11-15H2,1H3. The molecule has 2 unspecified atom stereocenters. The monoisotopic (exact) mass is 367 g/mol. The van der Waals surface area contributed by atoms with Gasteiger partial charge in [-0.1, -0.05) is 54.6 Å². The minimum Gasteiger partial charge on any atom is -0.445 e. The number of ether oxygens (including phenoxy) is 2. The summed E-state index contributed by atoms with van der Waals surface area (Å²) >= 11 is 0. The second-order valence-electron chi connectivity index (χ2n) is 7.55. The van der Waals surface area contributed by atoms with E-state index in [1.165, 1.54) is 0 Å². The van der Waals surface area contributed by atoms with Crippen molar-refractivity contribution in [3.63, 3.8) is 0 Å². The van der Waals surface area contributed by atoms with Crippen LogP contribution in [0.4, 0.5) is 4.79 Å². The maximum atomic E-state index is 12.8. The number of morpholine rings is 1. The summed E-state index contributed by atoms with van der Waals surface area (Å²) < 4.78 is 11.2. The van der Waals surface area contributed by atoms with Gasteiger partial charge in [0.05, 0.1) is 30.9 Å². The topological polar surface area (TPSA) is 59.0 Å². The summed E-state index contributed by atoms with van der Waals surface area (Å²) in [6, 6.07) is 17.2. The molecule has 2 aliphatic heterocycles. The number of aliphatic hydroxyl groups is 1. The summed E-state index contributed by atoms with van der Waals surface area (Å²) in [6.45, 7) is 3.11. The quantitative estimate of drug-likeness (QED) is 0.904. The van der Waals surface area contributed by atoms with Crippen LogP contribution in [0.15, 0.2) is 54.6 Å². The van der Waals surface area contributed by atoms with Crippen molar-refractivity contribution in [3.05, 3.63) is 71.3 Å². The Bertz CT molecular complexity index is 793. The molecule has 0 spiro atoms. The lowest BCUT2D eigenvalue weighted by molar-refractivity contribution is -0.137. The molecule has 0 aromatic heterocycles. The Morgan fingerprint density at radius 3 is 2.41 bits per heavy atom. The van der Waals surface area contributed by atoms with Crippen molar-refractivity contribution >= 4 is 6.09 Å². The van der Waals surface area contributed by atoms with E-state index in [-0.39, 0.29) is 24.8 Å². The molecule has 27 heavy (non-hydrogen) atoms. The van der Waals surface area contributed by atoms with Gasteiger partial charge in [0.2, 0.25) is 0 Å². The van der Waals surface area contributed by atoms with E-state index in [4.69, 9.17) is 9.47 Å². The summed E-state index contributed by atoms with van der Waals surface area (Å²) in [5, 5.41) is 11.4. The summed E-state index contributed by atoms with van der Waals surface area (Å²) in [4.78, 5) is 14.5. The van der Waals surface area contributed by atoms with Crippen LogP contribution in [-0.2, 0) is 21.7 Å².